The van der Waals surface area contributed by atoms with E-state index in [1.807, 2.05) is 58.3 Å². The molecule has 0 aromatic heterocycles. The van der Waals surface area contributed by atoms with Gasteiger partial charge in [0.2, 0.25) is 5.91 Å². The largest absolute Gasteiger partial charge is 0.369 e. The first-order valence-corrected chi connectivity index (χ1v) is 14.2. The molecule has 1 saturated carbocycles. The van der Waals surface area contributed by atoms with Crippen molar-refractivity contribution in [3.8, 4) is 0 Å². The highest BCUT2D eigenvalue weighted by Gasteiger charge is 2.38. The Kier molecular flexibility index (Phi) is 7.41. The highest BCUT2D eigenvalue weighted by molar-refractivity contribution is 5.91. The van der Waals surface area contributed by atoms with Crippen LogP contribution in [0.25, 0.3) is 0 Å². The smallest absolute Gasteiger partial charge is 0.322 e. The molecule has 2 atom stereocenters. The number of urea groups is 2. The number of hydrogen-bond acceptors (Lipinski definition) is 4. The Morgan fingerprint density at radius 3 is 2.46 bits per heavy atom. The molecule has 0 radical (unpaired) electrons. The maximum Gasteiger partial charge on any atom is 0.322 e. The maximum atomic E-state index is 13.5. The quantitative estimate of drug-likeness (QED) is 0.616. The van der Waals surface area contributed by atoms with Gasteiger partial charge in [-0.2, -0.15) is 0 Å². The van der Waals surface area contributed by atoms with Gasteiger partial charge in [0.1, 0.15) is 12.1 Å². The zero-order valence-electron chi connectivity index (χ0n) is 22.3. The second-order valence-electron chi connectivity index (χ2n) is 11.2. The standard InChI is InChI=1S/C30H37N5O4/c36-28-26(20-39-27(23-7-2-1-3-8-23)19-34(28)18-21-10-11-21)32-29(37)33-15-13-24(14-16-33)35-17-12-22-6-4-5-9-25(22)31-30(35)38/h1-9,21,24,26-27H,10-20H2,(H,31,38)(H,32,37). The van der Waals surface area contributed by atoms with E-state index in [0.717, 1.165) is 36.1 Å². The zero-order chi connectivity index (χ0) is 26.8. The van der Waals surface area contributed by atoms with Gasteiger partial charge in [0, 0.05) is 37.9 Å². The molecule has 0 bridgehead atoms. The van der Waals surface area contributed by atoms with Crippen molar-refractivity contribution < 1.29 is 19.1 Å². The minimum atomic E-state index is -0.711. The number of amides is 5. The summed E-state index contributed by atoms with van der Waals surface area (Å²) in [6.45, 7) is 3.09. The van der Waals surface area contributed by atoms with Gasteiger partial charge >= 0.3 is 12.1 Å². The van der Waals surface area contributed by atoms with E-state index in [-0.39, 0.29) is 36.7 Å². The lowest BCUT2D eigenvalue weighted by Crippen LogP contribution is -2.56. The van der Waals surface area contributed by atoms with E-state index in [0.29, 0.717) is 51.5 Å². The number of fused-ring (bicyclic) bond motifs is 1. The second-order valence-corrected chi connectivity index (χ2v) is 11.2. The summed E-state index contributed by atoms with van der Waals surface area (Å²) in [5, 5.41) is 6.02. The molecule has 1 aliphatic carbocycles. The summed E-state index contributed by atoms with van der Waals surface area (Å²) in [4.78, 5) is 45.2. The van der Waals surface area contributed by atoms with Crippen LogP contribution < -0.4 is 10.6 Å². The van der Waals surface area contributed by atoms with Gasteiger partial charge in [-0.15, -0.1) is 0 Å². The summed E-state index contributed by atoms with van der Waals surface area (Å²) in [5.74, 6) is 0.479. The van der Waals surface area contributed by atoms with Gasteiger partial charge in [0.15, 0.2) is 0 Å². The van der Waals surface area contributed by atoms with Crippen molar-refractivity contribution in [2.45, 2.75) is 50.3 Å². The monoisotopic (exact) mass is 531 g/mol. The van der Waals surface area contributed by atoms with Crippen molar-refractivity contribution in [1.29, 1.82) is 0 Å². The number of piperidine rings is 1. The summed E-state index contributed by atoms with van der Waals surface area (Å²) in [5.41, 5.74) is 3.06. The molecule has 3 aliphatic heterocycles. The molecular formula is C30H37N5O4. The Bertz CT molecular complexity index is 1190. The van der Waals surface area contributed by atoms with Crippen molar-refractivity contribution in [2.75, 3.05) is 44.6 Å². The average Bonchev–Trinajstić information content (AvgIpc) is 3.81. The van der Waals surface area contributed by atoms with Crippen LogP contribution in [-0.4, -0.2) is 84.1 Å². The van der Waals surface area contributed by atoms with Crippen LogP contribution in [0.15, 0.2) is 54.6 Å². The molecule has 0 spiro atoms. The van der Waals surface area contributed by atoms with Gasteiger partial charge in [-0.1, -0.05) is 48.5 Å². The number of nitrogens with one attached hydrogen (secondary N) is 2. The highest BCUT2D eigenvalue weighted by Crippen LogP contribution is 2.32. The molecule has 2 unspecified atom stereocenters. The number of rotatable bonds is 5. The van der Waals surface area contributed by atoms with E-state index in [1.54, 1.807) is 4.90 Å². The van der Waals surface area contributed by atoms with Crippen LogP contribution in [0.2, 0.25) is 0 Å². The molecule has 2 aromatic carbocycles. The average molecular weight is 532 g/mol. The third kappa shape index (κ3) is 5.88. The molecule has 6 rings (SSSR count). The summed E-state index contributed by atoms with van der Waals surface area (Å²) < 4.78 is 6.19. The van der Waals surface area contributed by atoms with Crippen LogP contribution >= 0.6 is 0 Å². The number of likely N-dealkylation sites (tertiary alicyclic amines) is 1. The number of ether oxygens (including phenoxy) is 1. The molecule has 39 heavy (non-hydrogen) atoms. The number of para-hydroxylation sites is 1. The van der Waals surface area contributed by atoms with Crippen LogP contribution in [0.3, 0.4) is 0 Å². The summed E-state index contributed by atoms with van der Waals surface area (Å²) >= 11 is 0. The lowest BCUT2D eigenvalue weighted by Gasteiger charge is -2.38. The van der Waals surface area contributed by atoms with Crippen LogP contribution in [0, 0.1) is 5.92 Å². The maximum absolute atomic E-state index is 13.5. The minimum absolute atomic E-state index is 0.0654. The Hall–Kier alpha value is -3.59. The lowest BCUT2D eigenvalue weighted by molar-refractivity contribution is -0.132. The molecule has 9 heteroatoms. The van der Waals surface area contributed by atoms with Gasteiger partial charge in [-0.25, -0.2) is 9.59 Å². The molecule has 2 N–H and O–H groups in total. The number of carbonyl (C=O) groups is 3. The van der Waals surface area contributed by atoms with Gasteiger partial charge in [0.25, 0.3) is 0 Å². The number of nitrogens with zero attached hydrogens (tertiary/aromatic N) is 3. The zero-order valence-corrected chi connectivity index (χ0v) is 22.3. The van der Waals surface area contributed by atoms with E-state index < -0.39 is 6.04 Å². The minimum Gasteiger partial charge on any atom is -0.369 e. The Morgan fingerprint density at radius 2 is 1.69 bits per heavy atom. The van der Waals surface area contributed by atoms with E-state index in [4.69, 9.17) is 4.74 Å². The number of benzene rings is 2. The third-order valence-corrected chi connectivity index (χ3v) is 8.44. The van der Waals surface area contributed by atoms with Crippen molar-refractivity contribution in [1.82, 2.24) is 20.0 Å². The third-order valence-electron chi connectivity index (χ3n) is 8.44. The number of carbonyl (C=O) groups excluding carboxylic acids is 3. The first kappa shape index (κ1) is 25.7. The van der Waals surface area contributed by atoms with Crippen molar-refractivity contribution in [3.05, 3.63) is 65.7 Å². The van der Waals surface area contributed by atoms with Gasteiger partial charge < -0.3 is 30.1 Å². The van der Waals surface area contributed by atoms with Crippen LogP contribution in [-0.2, 0) is 16.0 Å². The van der Waals surface area contributed by atoms with E-state index >= 15 is 0 Å². The molecule has 3 fully saturated rings. The first-order valence-electron chi connectivity index (χ1n) is 14.2. The van der Waals surface area contributed by atoms with E-state index in [1.165, 1.54) is 0 Å². The molecular weight excluding hydrogens is 494 g/mol. The first-order chi connectivity index (χ1) is 19.0. The summed E-state index contributed by atoms with van der Waals surface area (Å²) in [6.07, 6.45) is 4.30. The fraction of sp³-hybridized carbons (Fsp3) is 0.500. The van der Waals surface area contributed by atoms with Gasteiger partial charge in [-0.3, -0.25) is 4.79 Å². The van der Waals surface area contributed by atoms with E-state index in [2.05, 4.69) is 16.7 Å². The highest BCUT2D eigenvalue weighted by atomic mass is 16.5. The molecule has 2 saturated heterocycles. The normalized spacial score (nSPS) is 24.5. The van der Waals surface area contributed by atoms with Crippen LogP contribution in [0.5, 0.6) is 0 Å². The SMILES string of the molecule is O=C(NC1COC(c2ccccc2)CN(CC2CC2)C1=O)N1CCC(N2CCc3ccccc3NC2=O)CC1. The molecule has 206 valence electrons. The van der Waals surface area contributed by atoms with Crippen molar-refractivity contribution >= 4 is 23.7 Å². The lowest BCUT2D eigenvalue weighted by atomic mass is 10.0. The van der Waals surface area contributed by atoms with Crippen molar-refractivity contribution in [2.24, 2.45) is 5.92 Å². The predicted octanol–water partition coefficient (Wildman–Crippen LogP) is 3.63. The topological polar surface area (TPSA) is 94.2 Å². The Balaban J connectivity index is 1.05. The number of anilines is 1. The van der Waals surface area contributed by atoms with E-state index in [9.17, 15) is 14.4 Å². The molecule has 3 heterocycles. The van der Waals surface area contributed by atoms with Crippen LogP contribution in [0.4, 0.5) is 15.3 Å². The Labute approximate surface area is 229 Å². The molecule has 9 nitrogen and oxygen atoms in total. The Morgan fingerprint density at radius 1 is 0.949 bits per heavy atom. The molecule has 5 amide bonds. The van der Waals surface area contributed by atoms with Crippen molar-refractivity contribution in [3.63, 3.8) is 0 Å². The fourth-order valence-electron chi connectivity index (χ4n) is 5.96. The fourth-order valence-corrected chi connectivity index (χ4v) is 5.96. The van der Waals surface area contributed by atoms with Crippen LogP contribution in [0.1, 0.15) is 42.9 Å². The molecule has 2 aromatic rings. The second kappa shape index (κ2) is 11.3. The van der Waals surface area contributed by atoms with Gasteiger partial charge in [-0.05, 0) is 55.2 Å². The molecule has 4 aliphatic rings. The predicted molar refractivity (Wildman–Crippen MR) is 147 cm³/mol. The van der Waals surface area contributed by atoms with Gasteiger partial charge in [0.05, 0.1) is 13.2 Å². The number of hydrogen-bond donors (Lipinski definition) is 2. The summed E-state index contributed by atoms with van der Waals surface area (Å²) in [6, 6.07) is 16.9. The summed E-state index contributed by atoms with van der Waals surface area (Å²) in [7, 11) is 0.